The van der Waals surface area contributed by atoms with E-state index in [1.165, 1.54) is 36.0 Å². The van der Waals surface area contributed by atoms with Crippen LogP contribution in [0.25, 0.3) is 16.9 Å². The number of nitrogens with zero attached hydrogens (tertiary/aromatic N) is 2. The molecule has 0 bridgehead atoms. The summed E-state index contributed by atoms with van der Waals surface area (Å²) in [6.07, 6.45) is -3.07. The monoisotopic (exact) mass is 449 g/mol. The van der Waals surface area contributed by atoms with Gasteiger partial charge in [0, 0.05) is 17.3 Å². The van der Waals surface area contributed by atoms with Crippen molar-refractivity contribution >= 4 is 17.7 Å². The van der Waals surface area contributed by atoms with Crippen LogP contribution in [-0.2, 0) is 4.79 Å². The molecule has 31 heavy (non-hydrogen) atoms. The lowest BCUT2D eigenvalue weighted by Crippen LogP contribution is -2.31. The Hall–Kier alpha value is -2.94. The number of thioether (sulfide) groups is 1. The van der Waals surface area contributed by atoms with Crippen LogP contribution in [0.1, 0.15) is 19.4 Å². The third kappa shape index (κ3) is 6.27. The Bertz CT molecular complexity index is 1030. The fourth-order valence-corrected chi connectivity index (χ4v) is 3.71. The minimum atomic E-state index is -4.76. The van der Waals surface area contributed by atoms with Crippen LogP contribution in [0.15, 0.2) is 59.9 Å². The number of ether oxygens (including phenoxy) is 1. The van der Waals surface area contributed by atoms with Crippen molar-refractivity contribution in [1.82, 2.24) is 14.9 Å². The molecule has 0 atom stereocenters. The lowest BCUT2D eigenvalue weighted by atomic mass is 10.1. The summed E-state index contributed by atoms with van der Waals surface area (Å²) in [5.41, 5.74) is 3.36. The standard InChI is InChI=1S/C22H22F3N3O2S/c1-14(2)27-20(29)13-31-21-26-12-19(16-6-4-15(3)5-7-16)28(21)17-8-10-18(11-9-17)30-22(23,24)25/h4-12,14H,13H2,1-3H3,(H,27,29). The number of hydrogen-bond donors (Lipinski definition) is 1. The molecular formula is C22H22F3N3O2S. The molecule has 0 radical (unpaired) electrons. The molecule has 9 heteroatoms. The van der Waals surface area contributed by atoms with Gasteiger partial charge in [0.15, 0.2) is 5.16 Å². The Morgan fingerprint density at radius 2 is 1.77 bits per heavy atom. The minimum absolute atomic E-state index is 0.0251. The molecule has 0 spiro atoms. The third-order valence-electron chi connectivity index (χ3n) is 4.19. The topological polar surface area (TPSA) is 56.2 Å². The highest BCUT2D eigenvalue weighted by atomic mass is 32.2. The second-order valence-corrected chi connectivity index (χ2v) is 8.12. The largest absolute Gasteiger partial charge is 0.573 e. The van der Waals surface area contributed by atoms with E-state index in [1.54, 1.807) is 6.20 Å². The number of halogens is 3. The zero-order valence-corrected chi connectivity index (χ0v) is 18.1. The van der Waals surface area contributed by atoms with Gasteiger partial charge in [0.25, 0.3) is 0 Å². The number of amides is 1. The van der Waals surface area contributed by atoms with Gasteiger partial charge >= 0.3 is 6.36 Å². The predicted octanol–water partition coefficient (Wildman–Crippen LogP) is 5.36. The van der Waals surface area contributed by atoms with E-state index in [4.69, 9.17) is 0 Å². The summed E-state index contributed by atoms with van der Waals surface area (Å²) in [7, 11) is 0. The van der Waals surface area contributed by atoms with Crippen LogP contribution in [0, 0.1) is 6.92 Å². The van der Waals surface area contributed by atoms with Crippen molar-refractivity contribution in [2.45, 2.75) is 38.3 Å². The van der Waals surface area contributed by atoms with Crippen molar-refractivity contribution in [3.8, 4) is 22.7 Å². The van der Waals surface area contributed by atoms with Gasteiger partial charge in [-0.15, -0.1) is 13.2 Å². The predicted molar refractivity (Wildman–Crippen MR) is 114 cm³/mol. The van der Waals surface area contributed by atoms with Gasteiger partial charge in [-0.05, 0) is 45.0 Å². The van der Waals surface area contributed by atoms with Gasteiger partial charge in [-0.3, -0.25) is 9.36 Å². The summed E-state index contributed by atoms with van der Waals surface area (Å²) in [4.78, 5) is 16.5. The number of alkyl halides is 3. The molecule has 164 valence electrons. The summed E-state index contributed by atoms with van der Waals surface area (Å²) >= 11 is 1.25. The van der Waals surface area contributed by atoms with E-state index in [2.05, 4.69) is 15.0 Å². The highest BCUT2D eigenvalue weighted by Crippen LogP contribution is 2.31. The Kier molecular flexibility index (Phi) is 6.94. The molecule has 1 N–H and O–H groups in total. The normalized spacial score (nSPS) is 11.6. The summed E-state index contributed by atoms with van der Waals surface area (Å²) in [6, 6.07) is 13.4. The number of aromatic nitrogens is 2. The molecule has 0 fully saturated rings. The lowest BCUT2D eigenvalue weighted by Gasteiger charge is -2.14. The van der Waals surface area contributed by atoms with Crippen LogP contribution >= 0.6 is 11.8 Å². The van der Waals surface area contributed by atoms with Crippen molar-refractivity contribution in [3.63, 3.8) is 0 Å². The van der Waals surface area contributed by atoms with Crippen molar-refractivity contribution in [3.05, 3.63) is 60.3 Å². The number of benzene rings is 2. The quantitative estimate of drug-likeness (QED) is 0.493. The molecule has 3 aromatic rings. The molecule has 0 aliphatic carbocycles. The van der Waals surface area contributed by atoms with Crippen molar-refractivity contribution < 1.29 is 22.7 Å². The smallest absolute Gasteiger partial charge is 0.406 e. The summed E-state index contributed by atoms with van der Waals surface area (Å²) in [6.45, 7) is 5.74. The molecule has 3 rings (SSSR count). The molecule has 0 aliphatic rings. The van der Waals surface area contributed by atoms with Gasteiger partial charge < -0.3 is 10.1 Å². The van der Waals surface area contributed by atoms with E-state index < -0.39 is 6.36 Å². The van der Waals surface area contributed by atoms with E-state index in [0.29, 0.717) is 10.8 Å². The average molecular weight is 449 g/mol. The SMILES string of the molecule is Cc1ccc(-c2cnc(SCC(=O)NC(C)C)n2-c2ccc(OC(F)(F)F)cc2)cc1. The number of aryl methyl sites for hydroxylation is 1. The van der Waals surface area contributed by atoms with E-state index in [9.17, 15) is 18.0 Å². The zero-order valence-electron chi connectivity index (χ0n) is 17.2. The van der Waals surface area contributed by atoms with E-state index in [-0.39, 0.29) is 23.5 Å². The fraction of sp³-hybridized carbons (Fsp3) is 0.273. The van der Waals surface area contributed by atoms with Crippen LogP contribution < -0.4 is 10.1 Å². The van der Waals surface area contributed by atoms with Gasteiger partial charge in [0.1, 0.15) is 5.75 Å². The maximum absolute atomic E-state index is 12.5. The average Bonchev–Trinajstić information content (AvgIpc) is 3.10. The number of carbonyl (C=O) groups excluding carboxylic acids is 1. The third-order valence-corrected chi connectivity index (χ3v) is 5.14. The Balaban J connectivity index is 1.95. The molecule has 1 aromatic heterocycles. The molecule has 0 saturated carbocycles. The second-order valence-electron chi connectivity index (χ2n) is 7.18. The van der Waals surface area contributed by atoms with Crippen LogP contribution in [0.4, 0.5) is 13.2 Å². The lowest BCUT2D eigenvalue weighted by molar-refractivity contribution is -0.274. The fourth-order valence-electron chi connectivity index (χ4n) is 2.90. The first-order valence-corrected chi connectivity index (χ1v) is 10.5. The number of rotatable bonds is 7. The first-order chi connectivity index (χ1) is 14.6. The van der Waals surface area contributed by atoms with Gasteiger partial charge in [0.2, 0.25) is 5.91 Å². The molecular weight excluding hydrogens is 427 g/mol. The maximum atomic E-state index is 12.5. The van der Waals surface area contributed by atoms with Gasteiger partial charge in [-0.25, -0.2) is 4.98 Å². The molecule has 2 aromatic carbocycles. The Morgan fingerprint density at radius 3 is 2.35 bits per heavy atom. The number of hydrogen-bond acceptors (Lipinski definition) is 4. The Morgan fingerprint density at radius 1 is 1.13 bits per heavy atom. The van der Waals surface area contributed by atoms with Crippen molar-refractivity contribution in [2.75, 3.05) is 5.75 Å². The molecule has 1 amide bonds. The molecule has 0 unspecified atom stereocenters. The Labute approximate surface area is 182 Å². The maximum Gasteiger partial charge on any atom is 0.573 e. The van der Waals surface area contributed by atoms with E-state index >= 15 is 0 Å². The van der Waals surface area contributed by atoms with E-state index in [0.717, 1.165) is 16.8 Å². The van der Waals surface area contributed by atoms with Crippen LogP contribution in [-0.4, -0.2) is 33.6 Å². The van der Waals surface area contributed by atoms with Crippen molar-refractivity contribution in [2.24, 2.45) is 0 Å². The van der Waals surface area contributed by atoms with Crippen LogP contribution in [0.2, 0.25) is 0 Å². The molecule has 5 nitrogen and oxygen atoms in total. The highest BCUT2D eigenvalue weighted by molar-refractivity contribution is 7.99. The van der Waals surface area contributed by atoms with Crippen LogP contribution in [0.3, 0.4) is 0 Å². The summed E-state index contributed by atoms with van der Waals surface area (Å²) in [5.74, 6) is -0.267. The first kappa shape index (κ1) is 22.7. The second kappa shape index (κ2) is 9.47. The number of carbonyl (C=O) groups is 1. The number of imidazole rings is 1. The van der Waals surface area contributed by atoms with E-state index in [1.807, 2.05) is 49.6 Å². The number of nitrogens with one attached hydrogen (secondary N) is 1. The molecule has 0 aliphatic heterocycles. The van der Waals surface area contributed by atoms with Gasteiger partial charge in [0.05, 0.1) is 17.6 Å². The molecule has 1 heterocycles. The first-order valence-electron chi connectivity index (χ1n) is 9.55. The van der Waals surface area contributed by atoms with Gasteiger partial charge in [-0.1, -0.05) is 41.6 Å². The summed E-state index contributed by atoms with van der Waals surface area (Å²) in [5, 5.41) is 3.38. The minimum Gasteiger partial charge on any atom is -0.406 e. The summed E-state index contributed by atoms with van der Waals surface area (Å²) < 4.78 is 43.2. The van der Waals surface area contributed by atoms with Crippen LogP contribution in [0.5, 0.6) is 5.75 Å². The highest BCUT2D eigenvalue weighted by Gasteiger charge is 2.31. The van der Waals surface area contributed by atoms with Crippen molar-refractivity contribution in [1.29, 1.82) is 0 Å². The van der Waals surface area contributed by atoms with Gasteiger partial charge in [-0.2, -0.15) is 0 Å². The zero-order chi connectivity index (χ0) is 22.6. The molecule has 0 saturated heterocycles.